The molecular formula is C22H21NO3. The van der Waals surface area contributed by atoms with Crippen LogP contribution in [0.15, 0.2) is 78.9 Å². The number of amides is 1. The summed E-state index contributed by atoms with van der Waals surface area (Å²) in [5.74, 6) is 0.141. The number of phenolic OH excluding ortho intramolecular Hbond substituents is 1. The molecule has 0 fully saturated rings. The number of hydrogen-bond donors (Lipinski definition) is 2. The average Bonchev–Trinajstić information content (AvgIpc) is 2.70. The van der Waals surface area contributed by atoms with Crippen molar-refractivity contribution in [1.29, 1.82) is 0 Å². The molecule has 0 bridgehead atoms. The van der Waals surface area contributed by atoms with E-state index in [4.69, 9.17) is 4.74 Å². The van der Waals surface area contributed by atoms with Gasteiger partial charge in [0.25, 0.3) is 5.91 Å². The number of methoxy groups -OCH3 is 1. The van der Waals surface area contributed by atoms with Crippen molar-refractivity contribution in [3.05, 3.63) is 95.6 Å². The van der Waals surface area contributed by atoms with E-state index in [0.717, 1.165) is 11.1 Å². The fourth-order valence-corrected chi connectivity index (χ4v) is 2.91. The zero-order chi connectivity index (χ0) is 18.4. The van der Waals surface area contributed by atoms with Gasteiger partial charge in [0.1, 0.15) is 11.5 Å². The van der Waals surface area contributed by atoms with Gasteiger partial charge in [-0.3, -0.25) is 4.79 Å². The molecule has 4 heteroatoms. The lowest BCUT2D eigenvalue weighted by Crippen LogP contribution is -2.29. The second-order valence-corrected chi connectivity index (χ2v) is 5.97. The number of hydrogen-bond acceptors (Lipinski definition) is 3. The Morgan fingerprint density at radius 3 is 2.08 bits per heavy atom. The van der Waals surface area contributed by atoms with Gasteiger partial charge >= 0.3 is 0 Å². The third-order valence-electron chi connectivity index (χ3n) is 4.32. The molecule has 0 unspecified atom stereocenters. The van der Waals surface area contributed by atoms with Crippen molar-refractivity contribution in [2.24, 2.45) is 0 Å². The van der Waals surface area contributed by atoms with E-state index in [0.29, 0.717) is 12.3 Å². The van der Waals surface area contributed by atoms with Gasteiger partial charge in [0.2, 0.25) is 0 Å². The Balaban J connectivity index is 1.81. The van der Waals surface area contributed by atoms with Crippen LogP contribution in [0.1, 0.15) is 27.4 Å². The Labute approximate surface area is 153 Å². The van der Waals surface area contributed by atoms with Crippen molar-refractivity contribution in [3.8, 4) is 11.5 Å². The van der Waals surface area contributed by atoms with Crippen LogP contribution >= 0.6 is 0 Å². The van der Waals surface area contributed by atoms with E-state index >= 15 is 0 Å². The van der Waals surface area contributed by atoms with Gasteiger partial charge in [-0.25, -0.2) is 0 Å². The monoisotopic (exact) mass is 347 g/mol. The Bertz CT molecular complexity index is 824. The average molecular weight is 347 g/mol. The van der Waals surface area contributed by atoms with Gasteiger partial charge in [0.05, 0.1) is 12.7 Å². The fraction of sp³-hybridized carbons (Fsp3) is 0.136. The van der Waals surface area contributed by atoms with E-state index in [2.05, 4.69) is 5.32 Å². The maximum absolute atomic E-state index is 12.6. The largest absolute Gasteiger partial charge is 0.507 e. The summed E-state index contributed by atoms with van der Waals surface area (Å²) in [6.07, 6.45) is 0. The molecule has 3 rings (SSSR count). The lowest BCUT2D eigenvalue weighted by Gasteiger charge is -2.19. The van der Waals surface area contributed by atoms with Crippen LogP contribution in [0.4, 0.5) is 0 Å². The van der Waals surface area contributed by atoms with Crippen molar-refractivity contribution in [2.45, 2.75) is 5.92 Å². The molecule has 1 amide bonds. The van der Waals surface area contributed by atoms with E-state index in [1.165, 1.54) is 19.2 Å². The zero-order valence-corrected chi connectivity index (χ0v) is 14.6. The van der Waals surface area contributed by atoms with Crippen LogP contribution in [-0.4, -0.2) is 24.7 Å². The van der Waals surface area contributed by atoms with E-state index < -0.39 is 0 Å². The Hall–Kier alpha value is -3.27. The first-order valence-corrected chi connectivity index (χ1v) is 8.44. The summed E-state index contributed by atoms with van der Waals surface area (Å²) in [4.78, 5) is 12.6. The third kappa shape index (κ3) is 4.03. The molecule has 2 N–H and O–H groups in total. The first-order chi connectivity index (χ1) is 12.7. The molecule has 4 nitrogen and oxygen atoms in total. The molecular weight excluding hydrogens is 326 g/mol. The molecule has 3 aromatic carbocycles. The third-order valence-corrected chi connectivity index (χ3v) is 4.32. The number of nitrogens with one attached hydrogen (secondary N) is 1. The highest BCUT2D eigenvalue weighted by molar-refractivity contribution is 5.97. The second-order valence-electron chi connectivity index (χ2n) is 5.97. The number of rotatable bonds is 6. The molecule has 0 heterocycles. The highest BCUT2D eigenvalue weighted by Crippen LogP contribution is 2.25. The van der Waals surface area contributed by atoms with Gasteiger partial charge in [-0.1, -0.05) is 60.7 Å². The van der Waals surface area contributed by atoms with Crippen molar-refractivity contribution in [2.75, 3.05) is 13.7 Å². The lowest BCUT2D eigenvalue weighted by atomic mass is 9.91. The van der Waals surface area contributed by atoms with Crippen LogP contribution in [0.5, 0.6) is 11.5 Å². The minimum absolute atomic E-state index is 0.0223. The first kappa shape index (κ1) is 17.5. The van der Waals surface area contributed by atoms with Crippen LogP contribution in [0.2, 0.25) is 0 Å². The Morgan fingerprint density at radius 1 is 0.962 bits per heavy atom. The van der Waals surface area contributed by atoms with Gasteiger partial charge in [-0.05, 0) is 29.3 Å². The van der Waals surface area contributed by atoms with Crippen LogP contribution in [0.3, 0.4) is 0 Å². The van der Waals surface area contributed by atoms with Gasteiger partial charge in [0.15, 0.2) is 0 Å². The Morgan fingerprint density at radius 2 is 1.54 bits per heavy atom. The highest BCUT2D eigenvalue weighted by Gasteiger charge is 2.17. The van der Waals surface area contributed by atoms with Crippen molar-refractivity contribution in [1.82, 2.24) is 5.32 Å². The maximum atomic E-state index is 12.6. The van der Waals surface area contributed by atoms with E-state index in [1.807, 2.05) is 60.7 Å². The quantitative estimate of drug-likeness (QED) is 0.709. The second kappa shape index (κ2) is 8.21. The predicted molar refractivity (Wildman–Crippen MR) is 102 cm³/mol. The number of benzene rings is 3. The van der Waals surface area contributed by atoms with E-state index in [9.17, 15) is 9.90 Å². The van der Waals surface area contributed by atoms with E-state index in [-0.39, 0.29) is 23.1 Å². The smallest absolute Gasteiger partial charge is 0.255 e. The molecule has 0 aliphatic heterocycles. The summed E-state index contributed by atoms with van der Waals surface area (Å²) in [6.45, 7) is 0.420. The summed E-state index contributed by atoms with van der Waals surface area (Å²) < 4.78 is 5.13. The molecule has 0 spiro atoms. The molecule has 3 aromatic rings. The van der Waals surface area contributed by atoms with Gasteiger partial charge < -0.3 is 15.2 Å². The molecule has 0 radical (unpaired) electrons. The summed E-state index contributed by atoms with van der Waals surface area (Å²) in [5.41, 5.74) is 2.44. The number of carbonyl (C=O) groups is 1. The SMILES string of the molecule is COc1ccc(O)c(C(=O)NCC(c2ccccc2)c2ccccc2)c1. The van der Waals surface area contributed by atoms with Crippen LogP contribution in [-0.2, 0) is 0 Å². The number of aromatic hydroxyl groups is 1. The highest BCUT2D eigenvalue weighted by atomic mass is 16.5. The summed E-state index contributed by atoms with van der Waals surface area (Å²) >= 11 is 0. The number of phenols is 1. The van der Waals surface area contributed by atoms with Crippen LogP contribution in [0.25, 0.3) is 0 Å². The Kier molecular flexibility index (Phi) is 5.54. The molecule has 0 atom stereocenters. The molecule has 26 heavy (non-hydrogen) atoms. The predicted octanol–water partition coefficient (Wildman–Crippen LogP) is 3.96. The summed E-state index contributed by atoms with van der Waals surface area (Å²) in [6, 6.07) is 24.7. The van der Waals surface area contributed by atoms with Crippen molar-refractivity contribution < 1.29 is 14.6 Å². The first-order valence-electron chi connectivity index (χ1n) is 8.44. The van der Waals surface area contributed by atoms with Crippen molar-refractivity contribution >= 4 is 5.91 Å². The van der Waals surface area contributed by atoms with Crippen molar-refractivity contribution in [3.63, 3.8) is 0 Å². The number of ether oxygens (including phenoxy) is 1. The van der Waals surface area contributed by atoms with Gasteiger partial charge in [-0.2, -0.15) is 0 Å². The summed E-state index contributed by atoms with van der Waals surface area (Å²) in [7, 11) is 1.52. The van der Waals surface area contributed by atoms with E-state index in [1.54, 1.807) is 6.07 Å². The molecule has 0 aliphatic rings. The molecule has 0 aromatic heterocycles. The van der Waals surface area contributed by atoms with Gasteiger partial charge in [-0.15, -0.1) is 0 Å². The minimum atomic E-state index is -0.335. The van der Waals surface area contributed by atoms with Crippen LogP contribution in [0, 0.1) is 0 Å². The minimum Gasteiger partial charge on any atom is -0.507 e. The molecule has 0 aliphatic carbocycles. The van der Waals surface area contributed by atoms with Crippen LogP contribution < -0.4 is 10.1 Å². The summed E-state index contributed by atoms with van der Waals surface area (Å²) in [5, 5.41) is 12.9. The zero-order valence-electron chi connectivity index (χ0n) is 14.6. The molecule has 0 saturated heterocycles. The normalized spacial score (nSPS) is 10.5. The fourth-order valence-electron chi connectivity index (χ4n) is 2.91. The standard InChI is InChI=1S/C22H21NO3/c1-26-18-12-13-21(24)19(14-18)22(25)23-15-20(16-8-4-2-5-9-16)17-10-6-3-7-11-17/h2-14,20,24H,15H2,1H3,(H,23,25). The molecule has 132 valence electrons. The topological polar surface area (TPSA) is 58.6 Å². The van der Waals surface area contributed by atoms with Gasteiger partial charge in [0, 0.05) is 12.5 Å². The number of carbonyl (C=O) groups excluding carboxylic acids is 1. The molecule has 0 saturated carbocycles. The maximum Gasteiger partial charge on any atom is 0.255 e. The lowest BCUT2D eigenvalue weighted by molar-refractivity contribution is 0.0949.